The average Bonchev–Trinajstić information content (AvgIpc) is 3.43. The molecule has 0 spiro atoms. The lowest BCUT2D eigenvalue weighted by Gasteiger charge is -2.12. The maximum atomic E-state index is 12.9. The zero-order chi connectivity index (χ0) is 21.6. The third kappa shape index (κ3) is 5.37. The topological polar surface area (TPSA) is 57.9 Å². The number of hydrogen-bond donors (Lipinski definition) is 0. The summed E-state index contributed by atoms with van der Waals surface area (Å²) in [7, 11) is 4.02. The number of rotatable bonds is 9. The van der Waals surface area contributed by atoms with Gasteiger partial charge in [-0.15, -0.1) is 0 Å². The molecule has 0 saturated carbocycles. The highest BCUT2D eigenvalue weighted by atomic mass is 16.5. The predicted octanol–water partition coefficient (Wildman–Crippen LogP) is 3.13. The molecular weight excluding hydrogens is 394 g/mol. The minimum Gasteiger partial charge on any atom is -0.492 e. The zero-order valence-electron chi connectivity index (χ0n) is 18.1. The maximum Gasteiger partial charge on any atom is 0.337 e. The molecule has 2 aromatic carbocycles. The first kappa shape index (κ1) is 21.2. The number of hydrogen-bond acceptors (Lipinski definition) is 5. The molecule has 1 aromatic heterocycles. The van der Waals surface area contributed by atoms with E-state index >= 15 is 0 Å². The monoisotopic (exact) mass is 423 g/mol. The van der Waals surface area contributed by atoms with Crippen molar-refractivity contribution in [2.75, 3.05) is 40.5 Å². The fraction of sp³-hybridized carbons (Fsp3) is 0.375. The van der Waals surface area contributed by atoms with Gasteiger partial charge >= 0.3 is 5.69 Å². The Morgan fingerprint density at radius 2 is 1.52 bits per heavy atom. The van der Waals surface area contributed by atoms with Crippen molar-refractivity contribution in [3.05, 3.63) is 71.4 Å². The first-order valence-electron chi connectivity index (χ1n) is 10.6. The van der Waals surface area contributed by atoms with Gasteiger partial charge < -0.3 is 19.1 Å². The summed E-state index contributed by atoms with van der Waals surface area (Å²) in [5, 5.41) is 0. The maximum absolute atomic E-state index is 12.9. The Morgan fingerprint density at radius 1 is 0.935 bits per heavy atom. The molecule has 1 aliphatic rings. The first-order valence-corrected chi connectivity index (χ1v) is 10.6. The van der Waals surface area contributed by atoms with E-state index in [9.17, 15) is 4.79 Å². The molecule has 0 N–H and O–H groups in total. The van der Waals surface area contributed by atoms with Crippen molar-refractivity contribution in [3.63, 3.8) is 0 Å². The highest BCUT2D eigenvalue weighted by Gasteiger charge is 2.16. The largest absolute Gasteiger partial charge is 0.492 e. The van der Waals surface area contributed by atoms with Crippen molar-refractivity contribution in [1.29, 1.82) is 0 Å². The van der Waals surface area contributed by atoms with Gasteiger partial charge in [0, 0.05) is 25.5 Å². The number of nitrogens with zero attached hydrogens (tertiary/aromatic N) is 3. The molecule has 7 nitrogen and oxygen atoms in total. The standard InChI is InChI=1S/C24H29N3O4/c1-25(2)15-17-30-21-9-5-19(6-10-21)26-13-14-27(24(26)28)20-7-11-22(12-8-20)31-18-23-4-3-16-29-23/h5-14,23H,3-4,15-18H2,1-2H3. The number of imidazole rings is 1. The van der Waals surface area contributed by atoms with Crippen LogP contribution in [-0.2, 0) is 4.74 Å². The van der Waals surface area contributed by atoms with Gasteiger partial charge in [-0.3, -0.25) is 9.13 Å². The van der Waals surface area contributed by atoms with E-state index in [4.69, 9.17) is 14.2 Å². The highest BCUT2D eigenvalue weighted by Crippen LogP contribution is 2.19. The third-order valence-electron chi connectivity index (χ3n) is 5.27. The van der Waals surface area contributed by atoms with Crippen LogP contribution in [0.15, 0.2) is 65.7 Å². The predicted molar refractivity (Wildman–Crippen MR) is 120 cm³/mol. The molecule has 0 aliphatic carbocycles. The highest BCUT2D eigenvalue weighted by molar-refractivity contribution is 5.40. The second-order valence-corrected chi connectivity index (χ2v) is 7.91. The van der Waals surface area contributed by atoms with E-state index in [1.54, 1.807) is 21.5 Å². The van der Waals surface area contributed by atoms with Crippen LogP contribution in [0.5, 0.6) is 11.5 Å². The van der Waals surface area contributed by atoms with Gasteiger partial charge in [-0.25, -0.2) is 4.79 Å². The van der Waals surface area contributed by atoms with Crippen LogP contribution in [0.4, 0.5) is 0 Å². The van der Waals surface area contributed by atoms with Crippen molar-refractivity contribution in [2.45, 2.75) is 18.9 Å². The average molecular weight is 424 g/mol. The molecule has 4 rings (SSSR count). The van der Waals surface area contributed by atoms with Gasteiger partial charge in [0.2, 0.25) is 0 Å². The Morgan fingerprint density at radius 3 is 2.03 bits per heavy atom. The van der Waals surface area contributed by atoms with Crippen LogP contribution in [0.3, 0.4) is 0 Å². The Labute approximate surface area is 182 Å². The molecule has 1 aliphatic heterocycles. The van der Waals surface area contributed by atoms with Crippen LogP contribution in [0, 0.1) is 0 Å². The van der Waals surface area contributed by atoms with Crippen molar-refractivity contribution < 1.29 is 14.2 Å². The summed E-state index contributed by atoms with van der Waals surface area (Å²) in [6.45, 7) is 2.85. The lowest BCUT2D eigenvalue weighted by molar-refractivity contribution is 0.0679. The lowest BCUT2D eigenvalue weighted by atomic mass is 10.2. The number of ether oxygens (including phenoxy) is 3. The van der Waals surface area contributed by atoms with E-state index in [1.165, 1.54) is 0 Å². The van der Waals surface area contributed by atoms with Gasteiger partial charge in [-0.05, 0) is 75.5 Å². The summed E-state index contributed by atoms with van der Waals surface area (Å²) in [5.41, 5.74) is 1.45. The van der Waals surface area contributed by atoms with Gasteiger partial charge in [-0.1, -0.05) is 0 Å². The normalized spacial score (nSPS) is 16.0. The van der Waals surface area contributed by atoms with Gasteiger partial charge in [0.05, 0.1) is 17.5 Å². The molecular formula is C24H29N3O4. The van der Waals surface area contributed by atoms with E-state index in [0.717, 1.165) is 48.9 Å². The van der Waals surface area contributed by atoms with Crippen LogP contribution in [-0.4, -0.2) is 60.6 Å². The summed E-state index contributed by atoms with van der Waals surface area (Å²) in [6, 6.07) is 15.1. The Bertz CT molecular complexity index is 1020. The molecule has 0 bridgehead atoms. The molecule has 0 amide bonds. The Hall–Kier alpha value is -3.03. The van der Waals surface area contributed by atoms with Crippen molar-refractivity contribution >= 4 is 0 Å². The molecule has 1 saturated heterocycles. The summed E-state index contributed by atoms with van der Waals surface area (Å²) < 4.78 is 20.3. The second kappa shape index (κ2) is 9.85. The van der Waals surface area contributed by atoms with Gasteiger partial charge in [0.1, 0.15) is 24.7 Å². The van der Waals surface area contributed by atoms with E-state index in [1.807, 2.05) is 62.6 Å². The van der Waals surface area contributed by atoms with Crippen molar-refractivity contribution in [2.24, 2.45) is 0 Å². The molecule has 31 heavy (non-hydrogen) atoms. The lowest BCUT2D eigenvalue weighted by Crippen LogP contribution is -2.21. The fourth-order valence-electron chi connectivity index (χ4n) is 3.49. The molecule has 3 aromatic rings. The minimum atomic E-state index is -0.130. The van der Waals surface area contributed by atoms with E-state index in [2.05, 4.69) is 4.90 Å². The summed E-state index contributed by atoms with van der Waals surface area (Å²) in [4.78, 5) is 15.0. The van der Waals surface area contributed by atoms with Crippen LogP contribution >= 0.6 is 0 Å². The number of benzene rings is 2. The van der Waals surface area contributed by atoms with Crippen LogP contribution < -0.4 is 15.2 Å². The van der Waals surface area contributed by atoms with E-state index in [-0.39, 0.29) is 11.8 Å². The van der Waals surface area contributed by atoms with Gasteiger partial charge in [0.25, 0.3) is 0 Å². The quantitative estimate of drug-likeness (QED) is 0.529. The SMILES string of the molecule is CN(C)CCOc1ccc(-n2ccn(-c3ccc(OCC4CCCO4)cc3)c2=O)cc1. The van der Waals surface area contributed by atoms with Gasteiger partial charge in [0.15, 0.2) is 0 Å². The molecule has 1 unspecified atom stereocenters. The van der Waals surface area contributed by atoms with E-state index in [0.29, 0.717) is 13.2 Å². The van der Waals surface area contributed by atoms with Crippen LogP contribution in [0.25, 0.3) is 11.4 Å². The van der Waals surface area contributed by atoms with Crippen molar-refractivity contribution in [3.8, 4) is 22.9 Å². The van der Waals surface area contributed by atoms with Gasteiger partial charge in [-0.2, -0.15) is 0 Å². The number of aromatic nitrogens is 2. The smallest absolute Gasteiger partial charge is 0.337 e. The molecule has 1 fully saturated rings. The fourth-order valence-corrected chi connectivity index (χ4v) is 3.49. The third-order valence-corrected chi connectivity index (χ3v) is 5.27. The summed E-state index contributed by atoms with van der Waals surface area (Å²) >= 11 is 0. The summed E-state index contributed by atoms with van der Waals surface area (Å²) in [6.07, 6.45) is 5.86. The van der Waals surface area contributed by atoms with E-state index < -0.39 is 0 Å². The summed E-state index contributed by atoms with van der Waals surface area (Å²) in [5.74, 6) is 1.56. The minimum absolute atomic E-state index is 0.130. The molecule has 7 heteroatoms. The molecule has 2 heterocycles. The Balaban J connectivity index is 1.41. The Kier molecular flexibility index (Phi) is 6.74. The zero-order valence-corrected chi connectivity index (χ0v) is 18.1. The first-order chi connectivity index (χ1) is 15.1. The molecule has 164 valence electrons. The van der Waals surface area contributed by atoms with Crippen LogP contribution in [0.2, 0.25) is 0 Å². The van der Waals surface area contributed by atoms with Crippen molar-refractivity contribution in [1.82, 2.24) is 14.0 Å². The number of likely N-dealkylation sites (N-methyl/N-ethyl adjacent to an activating group) is 1. The molecule has 0 radical (unpaired) electrons. The molecule has 1 atom stereocenters. The second-order valence-electron chi connectivity index (χ2n) is 7.91. The van der Waals surface area contributed by atoms with Crippen LogP contribution in [0.1, 0.15) is 12.8 Å².